The maximum absolute atomic E-state index is 13.5. The molecule has 2 heterocycles. The molecule has 0 spiro atoms. The zero-order valence-electron chi connectivity index (χ0n) is 20.1. The summed E-state index contributed by atoms with van der Waals surface area (Å²) < 4.78 is 9.70. The highest BCUT2D eigenvalue weighted by Gasteiger charge is 2.33. The summed E-state index contributed by atoms with van der Waals surface area (Å²) in [6, 6.07) is 4.45. The molecule has 1 aromatic carbocycles. The molecule has 0 saturated heterocycles. The van der Waals surface area contributed by atoms with Crippen molar-refractivity contribution in [2.24, 2.45) is 28.2 Å². The molecule has 0 aliphatic rings. The molecule has 12 heteroatoms. The van der Waals surface area contributed by atoms with E-state index in [4.69, 9.17) is 4.74 Å². The average Bonchev–Trinajstić information content (AvgIpc) is 2.83. The molecule has 0 aliphatic heterocycles. The normalized spacial score (nSPS) is 11.1. The number of rotatable bonds is 6. The molecule has 0 atom stereocenters. The number of aromatic hydroxyl groups is 1. The minimum Gasteiger partial charge on any atom is -0.504 e. The van der Waals surface area contributed by atoms with Crippen molar-refractivity contribution in [2.75, 3.05) is 31.8 Å². The largest absolute Gasteiger partial charge is 0.504 e. The molecule has 0 bridgehead atoms. The van der Waals surface area contributed by atoms with Crippen LogP contribution in [0.2, 0.25) is 0 Å². The number of methoxy groups -OCH3 is 1. The number of aromatic nitrogens is 4. The smallest absolute Gasteiger partial charge is 0.332 e. The van der Waals surface area contributed by atoms with Crippen LogP contribution in [-0.4, -0.2) is 44.6 Å². The number of phenolic OH excluding ortho intramolecular Hbond substituents is 1. The van der Waals surface area contributed by atoms with E-state index in [0.717, 1.165) is 9.13 Å². The van der Waals surface area contributed by atoms with Crippen LogP contribution in [0, 0.1) is 0 Å². The Balaban J connectivity index is 2.65. The fraction of sp³-hybridized carbons (Fsp3) is 0.364. The fourth-order valence-electron chi connectivity index (χ4n) is 4.22. The quantitative estimate of drug-likeness (QED) is 0.434. The molecule has 3 rings (SSSR count). The topological polar surface area (TPSA) is 142 Å². The van der Waals surface area contributed by atoms with Crippen LogP contribution in [0.5, 0.6) is 11.5 Å². The highest BCUT2D eigenvalue weighted by atomic mass is 16.5. The van der Waals surface area contributed by atoms with E-state index in [-0.39, 0.29) is 34.3 Å². The molecule has 12 nitrogen and oxygen atoms in total. The van der Waals surface area contributed by atoms with Gasteiger partial charge in [0.2, 0.25) is 0 Å². The van der Waals surface area contributed by atoms with E-state index >= 15 is 0 Å². The number of nitrogens with zero attached hydrogens (tertiary/aromatic N) is 4. The molecule has 2 aromatic heterocycles. The third-order valence-corrected chi connectivity index (χ3v) is 5.99. The van der Waals surface area contributed by atoms with Gasteiger partial charge >= 0.3 is 11.4 Å². The van der Waals surface area contributed by atoms with Crippen LogP contribution in [0.4, 0.5) is 11.6 Å². The Bertz CT molecular complexity index is 1420. The van der Waals surface area contributed by atoms with Crippen LogP contribution in [-0.2, 0) is 28.2 Å². The zero-order valence-corrected chi connectivity index (χ0v) is 20.1. The van der Waals surface area contributed by atoms with Gasteiger partial charge in [-0.05, 0) is 17.7 Å². The number of phenols is 1. The second-order valence-electron chi connectivity index (χ2n) is 7.80. The van der Waals surface area contributed by atoms with Gasteiger partial charge in [0.25, 0.3) is 11.1 Å². The molecule has 182 valence electrons. The first-order valence-corrected chi connectivity index (χ1v) is 10.3. The van der Waals surface area contributed by atoms with Crippen molar-refractivity contribution < 1.29 is 9.84 Å². The fourth-order valence-corrected chi connectivity index (χ4v) is 4.22. The highest BCUT2D eigenvalue weighted by molar-refractivity contribution is 5.60. The van der Waals surface area contributed by atoms with Crippen LogP contribution in [0.15, 0.2) is 37.4 Å². The SMILES string of the molecule is CNc1c(C(c2ccc(O)c(OC)c2)c2c(NC)n(C)c(=O)n(C)c2=O)c(=O)n(C)c(=O)n1C. The van der Waals surface area contributed by atoms with Gasteiger partial charge in [0.1, 0.15) is 11.6 Å². The standard InChI is InChI=1S/C22H28N6O6/c1-23-17-15(19(30)27(5)21(32)25(17)3)14(11-8-9-12(29)13(10-11)34-7)16-18(24-2)26(4)22(33)28(6)20(16)31/h8-10,14,23-24,29H,1-7H3. The molecule has 0 saturated carbocycles. The van der Waals surface area contributed by atoms with Gasteiger partial charge in [0.05, 0.1) is 24.2 Å². The summed E-state index contributed by atoms with van der Waals surface area (Å²) in [5, 5.41) is 15.9. The first-order valence-electron chi connectivity index (χ1n) is 10.3. The Labute approximate surface area is 194 Å². The average molecular weight is 473 g/mol. The van der Waals surface area contributed by atoms with Crippen molar-refractivity contribution in [3.63, 3.8) is 0 Å². The summed E-state index contributed by atoms with van der Waals surface area (Å²) in [4.78, 5) is 52.2. The van der Waals surface area contributed by atoms with Crippen molar-refractivity contribution >= 4 is 11.6 Å². The zero-order chi connectivity index (χ0) is 25.5. The van der Waals surface area contributed by atoms with Crippen LogP contribution < -0.4 is 37.9 Å². The number of hydrogen-bond acceptors (Lipinski definition) is 8. The maximum atomic E-state index is 13.5. The van der Waals surface area contributed by atoms with Crippen molar-refractivity contribution in [3.05, 3.63) is 76.6 Å². The number of anilines is 2. The molecule has 34 heavy (non-hydrogen) atoms. The van der Waals surface area contributed by atoms with Crippen LogP contribution in [0.25, 0.3) is 0 Å². The number of hydrogen-bond donors (Lipinski definition) is 3. The molecule has 0 aliphatic carbocycles. The lowest BCUT2D eigenvalue weighted by molar-refractivity contribution is 0.373. The Kier molecular flexibility index (Phi) is 6.44. The lowest BCUT2D eigenvalue weighted by atomic mass is 9.85. The highest BCUT2D eigenvalue weighted by Crippen LogP contribution is 2.38. The maximum Gasteiger partial charge on any atom is 0.332 e. The molecule has 0 radical (unpaired) electrons. The predicted molar refractivity (Wildman–Crippen MR) is 129 cm³/mol. The first-order chi connectivity index (χ1) is 16.0. The van der Waals surface area contributed by atoms with Crippen molar-refractivity contribution in [3.8, 4) is 11.5 Å². The van der Waals surface area contributed by atoms with Crippen LogP contribution in [0.1, 0.15) is 22.6 Å². The van der Waals surface area contributed by atoms with E-state index in [1.54, 1.807) is 20.2 Å². The minimum absolute atomic E-state index is 0.104. The Morgan fingerprint density at radius 1 is 0.794 bits per heavy atom. The van der Waals surface area contributed by atoms with Gasteiger partial charge in [0, 0.05) is 42.3 Å². The van der Waals surface area contributed by atoms with E-state index in [1.807, 2.05) is 0 Å². The van der Waals surface area contributed by atoms with E-state index in [2.05, 4.69) is 10.6 Å². The van der Waals surface area contributed by atoms with Gasteiger partial charge in [0.15, 0.2) is 11.5 Å². The van der Waals surface area contributed by atoms with Gasteiger partial charge in [-0.1, -0.05) is 6.07 Å². The monoisotopic (exact) mass is 472 g/mol. The van der Waals surface area contributed by atoms with E-state index in [9.17, 15) is 24.3 Å². The molecule has 0 amide bonds. The van der Waals surface area contributed by atoms with Crippen molar-refractivity contribution in [1.82, 2.24) is 18.3 Å². The lowest BCUT2D eigenvalue weighted by Crippen LogP contribution is -2.44. The molecular weight excluding hydrogens is 444 g/mol. The van der Waals surface area contributed by atoms with Gasteiger partial charge in [-0.25, -0.2) is 9.59 Å². The van der Waals surface area contributed by atoms with Crippen molar-refractivity contribution in [1.29, 1.82) is 0 Å². The Morgan fingerprint density at radius 3 is 1.62 bits per heavy atom. The van der Waals surface area contributed by atoms with Crippen LogP contribution >= 0.6 is 0 Å². The molecule has 3 N–H and O–H groups in total. The third kappa shape index (κ3) is 3.56. The summed E-state index contributed by atoms with van der Waals surface area (Å²) in [5.41, 5.74) is -1.72. The number of ether oxygens (including phenoxy) is 1. The summed E-state index contributed by atoms with van der Waals surface area (Å²) >= 11 is 0. The first kappa shape index (κ1) is 24.4. The Hall–Kier alpha value is -4.22. The van der Waals surface area contributed by atoms with Gasteiger partial charge in [-0.2, -0.15) is 0 Å². The van der Waals surface area contributed by atoms with Gasteiger partial charge in [-0.15, -0.1) is 0 Å². The third-order valence-electron chi connectivity index (χ3n) is 5.99. The summed E-state index contributed by atoms with van der Waals surface area (Å²) in [6.07, 6.45) is 0. The van der Waals surface area contributed by atoms with Crippen molar-refractivity contribution in [2.45, 2.75) is 5.92 Å². The van der Waals surface area contributed by atoms with E-state index in [0.29, 0.717) is 5.56 Å². The second kappa shape index (κ2) is 8.96. The molecule has 3 aromatic rings. The molecule has 0 unspecified atom stereocenters. The minimum atomic E-state index is -1.05. The summed E-state index contributed by atoms with van der Waals surface area (Å²) in [6.45, 7) is 0. The van der Waals surface area contributed by atoms with Crippen LogP contribution in [0.3, 0.4) is 0 Å². The van der Waals surface area contributed by atoms with Gasteiger partial charge in [-0.3, -0.25) is 27.9 Å². The number of benzene rings is 1. The van der Waals surface area contributed by atoms with Gasteiger partial charge < -0.3 is 20.5 Å². The lowest BCUT2D eigenvalue weighted by Gasteiger charge is -2.26. The number of nitrogens with one attached hydrogen (secondary N) is 2. The summed E-state index contributed by atoms with van der Waals surface area (Å²) in [5.74, 6) is -0.654. The predicted octanol–water partition coefficient (Wildman–Crippen LogP) is -0.541. The second-order valence-corrected chi connectivity index (χ2v) is 7.80. The van der Waals surface area contributed by atoms with E-state index < -0.39 is 28.4 Å². The van der Waals surface area contributed by atoms with E-state index in [1.165, 1.54) is 56.6 Å². The molecular formula is C22H28N6O6. The Morgan fingerprint density at radius 2 is 1.24 bits per heavy atom. The summed E-state index contributed by atoms with van der Waals surface area (Å²) in [7, 11) is 10.2. The molecule has 0 fully saturated rings.